The van der Waals surface area contributed by atoms with E-state index in [0.717, 1.165) is 48.8 Å². The zero-order valence-corrected chi connectivity index (χ0v) is 19.5. The van der Waals surface area contributed by atoms with Gasteiger partial charge in [0.05, 0.1) is 0 Å². The van der Waals surface area contributed by atoms with Crippen LogP contribution >= 0.6 is 0 Å². The first kappa shape index (κ1) is 22.7. The van der Waals surface area contributed by atoms with Gasteiger partial charge < -0.3 is 19.8 Å². The lowest BCUT2D eigenvalue weighted by Gasteiger charge is -2.40. The number of hydrogen-bond acceptors (Lipinski definition) is 4. The van der Waals surface area contributed by atoms with Gasteiger partial charge >= 0.3 is 0 Å². The molecule has 4 rings (SSSR count). The molecule has 0 bridgehead atoms. The van der Waals surface area contributed by atoms with Crippen molar-refractivity contribution in [1.29, 1.82) is 0 Å². The van der Waals surface area contributed by atoms with Gasteiger partial charge in [-0.25, -0.2) is 0 Å². The smallest absolute Gasteiger partial charge is 0.253 e. The number of amides is 1. The van der Waals surface area contributed by atoms with E-state index >= 15 is 0 Å². The lowest BCUT2D eigenvalue weighted by atomic mass is 10.00. The van der Waals surface area contributed by atoms with E-state index in [1.54, 1.807) is 6.07 Å². The Morgan fingerprint density at radius 1 is 0.969 bits per heavy atom. The average Bonchev–Trinajstić information content (AvgIpc) is 3.65. The van der Waals surface area contributed by atoms with Gasteiger partial charge in [0, 0.05) is 55.2 Å². The fourth-order valence-electron chi connectivity index (χ4n) is 4.84. The van der Waals surface area contributed by atoms with Crippen LogP contribution in [0.2, 0.25) is 0 Å². The molecule has 0 radical (unpaired) electrons. The number of likely N-dealkylation sites (tertiary alicyclic amines) is 1. The summed E-state index contributed by atoms with van der Waals surface area (Å²) >= 11 is 0. The minimum atomic E-state index is 0.0782. The molecule has 5 heteroatoms. The highest BCUT2D eigenvalue weighted by Gasteiger charge is 2.28. The summed E-state index contributed by atoms with van der Waals surface area (Å²) in [7, 11) is 0. The molecule has 1 aliphatic carbocycles. The third-order valence-electron chi connectivity index (χ3n) is 7.02. The van der Waals surface area contributed by atoms with Gasteiger partial charge in [0.25, 0.3) is 5.91 Å². The number of carbonyl (C=O) groups is 1. The van der Waals surface area contributed by atoms with Crippen LogP contribution in [-0.2, 0) is 0 Å². The molecular weight excluding hydrogens is 398 g/mol. The number of rotatable bonds is 9. The number of carbonyl (C=O) groups excluding carboxylic acids is 1. The van der Waals surface area contributed by atoms with Crippen LogP contribution in [0.25, 0.3) is 0 Å². The van der Waals surface area contributed by atoms with Crippen LogP contribution in [0.4, 0.5) is 11.4 Å². The molecule has 2 aromatic carbocycles. The summed E-state index contributed by atoms with van der Waals surface area (Å²) < 4.78 is 0. The molecule has 1 saturated carbocycles. The van der Waals surface area contributed by atoms with Gasteiger partial charge in [0.2, 0.25) is 0 Å². The molecule has 0 unspecified atom stereocenters. The number of phenolic OH excluding ortho intramolecular Hbond substituents is 1. The molecule has 2 aromatic rings. The maximum atomic E-state index is 12.7. The average molecular weight is 436 g/mol. The Morgan fingerprint density at radius 3 is 2.25 bits per heavy atom. The number of hydrogen-bond donors (Lipinski definition) is 1. The molecule has 1 heterocycles. The van der Waals surface area contributed by atoms with Crippen LogP contribution in [-0.4, -0.2) is 59.6 Å². The van der Waals surface area contributed by atoms with Crippen molar-refractivity contribution in [3.8, 4) is 5.75 Å². The van der Waals surface area contributed by atoms with Gasteiger partial charge in [-0.05, 0) is 82.0 Å². The maximum Gasteiger partial charge on any atom is 0.253 e. The molecular formula is C27H37N3O2. The molecule has 0 aromatic heterocycles. The molecule has 1 aliphatic heterocycles. The fourth-order valence-corrected chi connectivity index (χ4v) is 4.84. The summed E-state index contributed by atoms with van der Waals surface area (Å²) in [6, 6.07) is 15.9. The van der Waals surface area contributed by atoms with E-state index in [4.69, 9.17) is 0 Å². The van der Waals surface area contributed by atoms with Gasteiger partial charge in [-0.1, -0.05) is 18.9 Å². The SMILES string of the molecule is CCN(CC)C(=O)c1ccc(N(c2cccc(O)c2)C2CCN(CCC3CC3)CC2)cc1. The Kier molecular flexibility index (Phi) is 7.36. The van der Waals surface area contributed by atoms with Crippen LogP contribution in [0.1, 0.15) is 56.3 Å². The first-order chi connectivity index (χ1) is 15.6. The molecule has 2 fully saturated rings. The van der Waals surface area contributed by atoms with Crippen LogP contribution in [0.3, 0.4) is 0 Å². The van der Waals surface area contributed by atoms with E-state index in [1.165, 1.54) is 25.8 Å². The van der Waals surface area contributed by atoms with Crippen LogP contribution in [0.5, 0.6) is 5.75 Å². The Balaban J connectivity index is 1.52. The molecule has 0 atom stereocenters. The Bertz CT molecular complexity index is 882. The van der Waals surface area contributed by atoms with Crippen molar-refractivity contribution in [1.82, 2.24) is 9.80 Å². The third kappa shape index (κ3) is 5.44. The van der Waals surface area contributed by atoms with Crippen molar-refractivity contribution in [2.75, 3.05) is 37.6 Å². The Hall–Kier alpha value is -2.53. The van der Waals surface area contributed by atoms with Gasteiger partial charge in [-0.3, -0.25) is 4.79 Å². The predicted octanol–water partition coefficient (Wildman–Crippen LogP) is 5.28. The summed E-state index contributed by atoms with van der Waals surface area (Å²) in [5, 5.41) is 10.1. The first-order valence-corrected chi connectivity index (χ1v) is 12.3. The zero-order chi connectivity index (χ0) is 22.5. The number of anilines is 2. The molecule has 1 N–H and O–H groups in total. The minimum Gasteiger partial charge on any atom is -0.508 e. The highest BCUT2D eigenvalue weighted by molar-refractivity contribution is 5.94. The summed E-state index contributed by atoms with van der Waals surface area (Å²) in [6.45, 7) is 8.91. The van der Waals surface area contributed by atoms with E-state index in [0.29, 0.717) is 19.1 Å². The molecule has 5 nitrogen and oxygen atoms in total. The van der Waals surface area contributed by atoms with Crippen molar-refractivity contribution in [2.45, 2.75) is 52.0 Å². The molecule has 32 heavy (non-hydrogen) atoms. The monoisotopic (exact) mass is 435 g/mol. The highest BCUT2D eigenvalue weighted by Crippen LogP contribution is 2.35. The Labute approximate surface area is 192 Å². The lowest BCUT2D eigenvalue weighted by molar-refractivity contribution is 0.0773. The molecule has 0 spiro atoms. The van der Waals surface area contributed by atoms with Crippen LogP contribution < -0.4 is 4.90 Å². The third-order valence-corrected chi connectivity index (χ3v) is 7.02. The normalized spacial score (nSPS) is 17.3. The van der Waals surface area contributed by atoms with Gasteiger partial charge in [-0.2, -0.15) is 0 Å². The summed E-state index contributed by atoms with van der Waals surface area (Å²) in [5.74, 6) is 1.34. The topological polar surface area (TPSA) is 47.0 Å². The fraction of sp³-hybridized carbons (Fsp3) is 0.519. The lowest BCUT2D eigenvalue weighted by Crippen LogP contribution is -2.43. The Morgan fingerprint density at radius 2 is 1.66 bits per heavy atom. The molecule has 2 aliphatic rings. The van der Waals surface area contributed by atoms with Crippen molar-refractivity contribution in [2.24, 2.45) is 5.92 Å². The number of aromatic hydroxyl groups is 1. The number of phenols is 1. The summed E-state index contributed by atoms with van der Waals surface area (Å²) in [5.41, 5.74) is 2.80. The minimum absolute atomic E-state index is 0.0782. The van der Waals surface area contributed by atoms with E-state index in [2.05, 4.69) is 28.0 Å². The van der Waals surface area contributed by atoms with E-state index in [9.17, 15) is 9.90 Å². The number of benzene rings is 2. The largest absolute Gasteiger partial charge is 0.508 e. The van der Waals surface area contributed by atoms with Gasteiger partial charge in [0.15, 0.2) is 0 Å². The molecule has 1 amide bonds. The van der Waals surface area contributed by atoms with Crippen molar-refractivity contribution in [3.05, 3.63) is 54.1 Å². The molecule has 172 valence electrons. The number of nitrogens with zero attached hydrogens (tertiary/aromatic N) is 3. The predicted molar refractivity (Wildman–Crippen MR) is 131 cm³/mol. The standard InChI is InChI=1S/C27H37N3O2/c1-3-29(4-2)27(32)22-10-12-23(13-11-22)30(25-6-5-7-26(31)20-25)24-15-18-28(19-16-24)17-14-21-8-9-21/h5-7,10-13,20-21,24,31H,3-4,8-9,14-19H2,1-2H3. The zero-order valence-electron chi connectivity index (χ0n) is 19.5. The molecule has 1 saturated heterocycles. The maximum absolute atomic E-state index is 12.7. The first-order valence-electron chi connectivity index (χ1n) is 12.3. The number of piperidine rings is 1. The summed E-state index contributed by atoms with van der Waals surface area (Å²) in [6.07, 6.45) is 6.40. The summed E-state index contributed by atoms with van der Waals surface area (Å²) in [4.78, 5) is 19.5. The van der Waals surface area contributed by atoms with Crippen molar-refractivity contribution in [3.63, 3.8) is 0 Å². The quantitative estimate of drug-likeness (QED) is 0.582. The van der Waals surface area contributed by atoms with E-state index < -0.39 is 0 Å². The second-order valence-electron chi connectivity index (χ2n) is 9.22. The highest BCUT2D eigenvalue weighted by atomic mass is 16.3. The van der Waals surface area contributed by atoms with Crippen molar-refractivity contribution >= 4 is 17.3 Å². The van der Waals surface area contributed by atoms with Crippen molar-refractivity contribution < 1.29 is 9.90 Å². The van der Waals surface area contributed by atoms with Gasteiger partial charge in [0.1, 0.15) is 5.75 Å². The van der Waals surface area contributed by atoms with Crippen LogP contribution in [0.15, 0.2) is 48.5 Å². The van der Waals surface area contributed by atoms with E-state index in [1.807, 2.05) is 43.0 Å². The second kappa shape index (κ2) is 10.4. The van der Waals surface area contributed by atoms with E-state index in [-0.39, 0.29) is 11.7 Å². The van der Waals surface area contributed by atoms with Gasteiger partial charge in [-0.15, -0.1) is 0 Å². The second-order valence-corrected chi connectivity index (χ2v) is 9.22. The van der Waals surface area contributed by atoms with Crippen LogP contribution in [0, 0.1) is 5.92 Å².